The normalized spacial score (nSPS) is 13.1. The molecule has 0 unspecified atom stereocenters. The first-order valence-corrected chi connectivity index (χ1v) is 7.58. The fourth-order valence-corrected chi connectivity index (χ4v) is 2.23. The van der Waals surface area contributed by atoms with E-state index in [1.165, 1.54) is 25.7 Å². The Kier molecular flexibility index (Phi) is 8.70. The van der Waals surface area contributed by atoms with Gasteiger partial charge in [0.05, 0.1) is 6.04 Å². The van der Waals surface area contributed by atoms with Gasteiger partial charge in [-0.15, -0.1) is 0 Å². The highest BCUT2D eigenvalue weighted by Crippen LogP contribution is 2.20. The first kappa shape index (κ1) is 18.1. The van der Waals surface area contributed by atoms with Crippen molar-refractivity contribution in [3.63, 3.8) is 0 Å². The van der Waals surface area contributed by atoms with Gasteiger partial charge >= 0.3 is 0 Å². The van der Waals surface area contributed by atoms with E-state index in [0.717, 1.165) is 12.8 Å². The lowest BCUT2D eigenvalue weighted by Gasteiger charge is -2.29. The first-order chi connectivity index (χ1) is 8.79. The molecule has 0 rings (SSSR count). The molecule has 0 aliphatic carbocycles. The molecule has 0 aromatic carbocycles. The predicted molar refractivity (Wildman–Crippen MR) is 80.1 cm³/mol. The van der Waals surface area contributed by atoms with Crippen LogP contribution in [0.3, 0.4) is 0 Å². The molecular formula is C16H31NO2. The van der Waals surface area contributed by atoms with E-state index in [-0.39, 0.29) is 23.1 Å². The third-order valence-electron chi connectivity index (χ3n) is 3.34. The summed E-state index contributed by atoms with van der Waals surface area (Å²) in [6.45, 7) is 9.67. The summed E-state index contributed by atoms with van der Waals surface area (Å²) in [7, 11) is 0. The van der Waals surface area contributed by atoms with Gasteiger partial charge in [0.15, 0.2) is 5.78 Å². The van der Waals surface area contributed by atoms with Gasteiger partial charge in [0, 0.05) is 6.42 Å². The maximum Gasteiger partial charge on any atom is 0.220 e. The molecule has 0 fully saturated rings. The van der Waals surface area contributed by atoms with Crippen molar-refractivity contribution in [3.05, 3.63) is 0 Å². The largest absolute Gasteiger partial charge is 0.346 e. The highest BCUT2D eigenvalue weighted by atomic mass is 16.2. The zero-order valence-electron chi connectivity index (χ0n) is 13.3. The Hall–Kier alpha value is -0.860. The lowest BCUT2D eigenvalue weighted by Crippen LogP contribution is -2.48. The number of hydrogen-bond donors (Lipinski definition) is 1. The van der Waals surface area contributed by atoms with E-state index in [1.807, 2.05) is 20.8 Å². The van der Waals surface area contributed by atoms with E-state index in [2.05, 4.69) is 12.2 Å². The molecule has 1 amide bonds. The second kappa shape index (κ2) is 9.11. The topological polar surface area (TPSA) is 46.2 Å². The third-order valence-corrected chi connectivity index (χ3v) is 3.34. The average molecular weight is 269 g/mol. The minimum absolute atomic E-state index is 0.00520. The molecule has 0 bridgehead atoms. The minimum Gasteiger partial charge on any atom is -0.346 e. The molecule has 0 aromatic rings. The van der Waals surface area contributed by atoms with Crippen LogP contribution in [-0.2, 0) is 9.59 Å². The van der Waals surface area contributed by atoms with E-state index in [9.17, 15) is 9.59 Å². The molecule has 0 spiro atoms. The van der Waals surface area contributed by atoms with Gasteiger partial charge in [-0.25, -0.2) is 0 Å². The number of rotatable bonds is 9. The summed E-state index contributed by atoms with van der Waals surface area (Å²) in [5.74, 6) is 0.0365. The minimum atomic E-state index is -0.375. The van der Waals surface area contributed by atoms with E-state index in [0.29, 0.717) is 6.42 Å². The number of amides is 1. The highest BCUT2D eigenvalue weighted by Gasteiger charge is 2.29. The molecule has 0 aliphatic rings. The van der Waals surface area contributed by atoms with Gasteiger partial charge in [-0.05, 0) is 18.8 Å². The Bertz CT molecular complexity index is 279. The molecule has 0 aromatic heterocycles. The summed E-state index contributed by atoms with van der Waals surface area (Å²) >= 11 is 0. The van der Waals surface area contributed by atoms with Crippen LogP contribution in [0.5, 0.6) is 0 Å². The van der Waals surface area contributed by atoms with Crippen LogP contribution < -0.4 is 5.32 Å². The first-order valence-electron chi connectivity index (χ1n) is 7.58. The summed E-state index contributed by atoms with van der Waals surface area (Å²) in [6.07, 6.45) is 7.55. The quantitative estimate of drug-likeness (QED) is 0.646. The van der Waals surface area contributed by atoms with Crippen molar-refractivity contribution in [3.8, 4) is 0 Å². The third kappa shape index (κ3) is 8.79. The number of nitrogens with one attached hydrogen (secondary N) is 1. The molecule has 0 aliphatic heterocycles. The van der Waals surface area contributed by atoms with Crippen molar-refractivity contribution in [1.29, 1.82) is 0 Å². The van der Waals surface area contributed by atoms with Gasteiger partial charge in [-0.3, -0.25) is 9.59 Å². The molecule has 3 nitrogen and oxygen atoms in total. The Labute approximate surface area is 118 Å². The summed E-state index contributed by atoms with van der Waals surface area (Å²) in [4.78, 5) is 23.4. The van der Waals surface area contributed by atoms with Crippen molar-refractivity contribution in [2.24, 2.45) is 5.41 Å². The van der Waals surface area contributed by atoms with E-state index >= 15 is 0 Å². The predicted octanol–water partition coefficient (Wildman–Crippen LogP) is 3.86. The molecule has 0 saturated carbocycles. The Morgan fingerprint density at radius 2 is 1.53 bits per heavy atom. The molecule has 112 valence electrons. The van der Waals surface area contributed by atoms with Gasteiger partial charge < -0.3 is 5.32 Å². The SMILES string of the molecule is CCCCCCCCC(=O)N[C@H](C(C)=O)C(C)(C)C. The maximum absolute atomic E-state index is 11.8. The molecule has 1 N–H and O–H groups in total. The zero-order chi connectivity index (χ0) is 14.9. The number of ketones is 1. The van der Waals surface area contributed by atoms with Crippen molar-refractivity contribution in [2.75, 3.05) is 0 Å². The molecule has 1 atom stereocenters. The Morgan fingerprint density at radius 3 is 2.00 bits per heavy atom. The van der Waals surface area contributed by atoms with Gasteiger partial charge in [0.25, 0.3) is 0 Å². The second-order valence-electron chi connectivity index (χ2n) is 6.49. The van der Waals surface area contributed by atoms with Gasteiger partial charge in [0.2, 0.25) is 5.91 Å². The van der Waals surface area contributed by atoms with Crippen LogP contribution in [0.25, 0.3) is 0 Å². The molecule has 3 heteroatoms. The summed E-state index contributed by atoms with van der Waals surface area (Å²) in [5, 5.41) is 2.87. The fourth-order valence-electron chi connectivity index (χ4n) is 2.23. The Balaban J connectivity index is 3.92. The van der Waals surface area contributed by atoms with Crippen LogP contribution in [0, 0.1) is 5.41 Å². The number of unbranched alkanes of at least 4 members (excludes halogenated alkanes) is 5. The van der Waals surface area contributed by atoms with Crippen LogP contribution in [-0.4, -0.2) is 17.7 Å². The monoisotopic (exact) mass is 269 g/mol. The number of hydrogen-bond acceptors (Lipinski definition) is 2. The summed E-state index contributed by atoms with van der Waals surface area (Å²) < 4.78 is 0. The second-order valence-corrected chi connectivity index (χ2v) is 6.49. The Morgan fingerprint density at radius 1 is 1.00 bits per heavy atom. The van der Waals surface area contributed by atoms with Crippen molar-refractivity contribution in [1.82, 2.24) is 5.32 Å². The molecule has 0 saturated heterocycles. The molecular weight excluding hydrogens is 238 g/mol. The van der Waals surface area contributed by atoms with Crippen LogP contribution in [0.1, 0.15) is 79.6 Å². The lowest BCUT2D eigenvalue weighted by molar-refractivity contribution is -0.129. The van der Waals surface area contributed by atoms with Gasteiger partial charge in [-0.1, -0.05) is 59.8 Å². The van der Waals surface area contributed by atoms with Crippen molar-refractivity contribution < 1.29 is 9.59 Å². The smallest absolute Gasteiger partial charge is 0.220 e. The standard InChI is InChI=1S/C16H31NO2/c1-6-7-8-9-10-11-12-14(19)17-15(13(2)18)16(3,4)5/h15H,6-12H2,1-5H3,(H,17,19)/t15-/m1/s1. The van der Waals surface area contributed by atoms with Crippen molar-refractivity contribution >= 4 is 11.7 Å². The van der Waals surface area contributed by atoms with E-state index in [1.54, 1.807) is 6.92 Å². The zero-order valence-corrected chi connectivity index (χ0v) is 13.3. The van der Waals surface area contributed by atoms with Crippen LogP contribution >= 0.6 is 0 Å². The van der Waals surface area contributed by atoms with E-state index in [4.69, 9.17) is 0 Å². The average Bonchev–Trinajstić information content (AvgIpc) is 2.28. The van der Waals surface area contributed by atoms with Crippen molar-refractivity contribution in [2.45, 2.75) is 85.6 Å². The summed E-state index contributed by atoms with van der Waals surface area (Å²) in [6, 6.07) is -0.375. The van der Waals surface area contributed by atoms with Crippen LogP contribution in [0.15, 0.2) is 0 Å². The molecule has 19 heavy (non-hydrogen) atoms. The highest BCUT2D eigenvalue weighted by molar-refractivity contribution is 5.88. The van der Waals surface area contributed by atoms with E-state index < -0.39 is 0 Å². The summed E-state index contributed by atoms with van der Waals surface area (Å²) in [5.41, 5.74) is -0.220. The van der Waals surface area contributed by atoms with Gasteiger partial charge in [0.1, 0.15) is 0 Å². The number of carbonyl (C=O) groups excluding carboxylic acids is 2. The molecule has 0 heterocycles. The number of Topliss-reactive ketones (excluding diaryl/α,β-unsaturated/α-hetero) is 1. The fraction of sp³-hybridized carbons (Fsp3) is 0.875. The molecule has 0 radical (unpaired) electrons. The van der Waals surface area contributed by atoms with Crippen LogP contribution in [0.2, 0.25) is 0 Å². The lowest BCUT2D eigenvalue weighted by atomic mass is 9.84. The van der Waals surface area contributed by atoms with Crippen LogP contribution in [0.4, 0.5) is 0 Å². The maximum atomic E-state index is 11.8. The number of carbonyl (C=O) groups is 2. The van der Waals surface area contributed by atoms with Gasteiger partial charge in [-0.2, -0.15) is 0 Å².